The predicted octanol–water partition coefficient (Wildman–Crippen LogP) is 6.03. The Labute approximate surface area is 255 Å². The summed E-state index contributed by atoms with van der Waals surface area (Å²) in [6, 6.07) is 18.8. The lowest BCUT2D eigenvalue weighted by molar-refractivity contribution is -0.139. The number of amides is 2. The number of nitrogens with one attached hydrogen (secondary N) is 1. The Morgan fingerprint density at radius 2 is 1.61 bits per heavy atom. The monoisotopic (exact) mass is 663 g/mol. The molecule has 8 nitrogen and oxygen atoms in total. The van der Waals surface area contributed by atoms with Crippen LogP contribution >= 0.6 is 27.5 Å². The van der Waals surface area contributed by atoms with Crippen molar-refractivity contribution >= 4 is 55.1 Å². The molecule has 0 aliphatic heterocycles. The number of carbonyl (C=O) groups excluding carboxylic acids is 2. The average Bonchev–Trinajstić information content (AvgIpc) is 2.96. The van der Waals surface area contributed by atoms with Crippen molar-refractivity contribution in [2.45, 2.75) is 51.1 Å². The van der Waals surface area contributed by atoms with Gasteiger partial charge in [0.05, 0.1) is 17.2 Å². The van der Waals surface area contributed by atoms with E-state index in [0.717, 1.165) is 27.2 Å². The first-order valence-electron chi connectivity index (χ1n) is 13.4. The van der Waals surface area contributed by atoms with E-state index in [4.69, 9.17) is 16.3 Å². The molecule has 41 heavy (non-hydrogen) atoms. The van der Waals surface area contributed by atoms with E-state index in [9.17, 15) is 18.0 Å². The SMILES string of the molecule is CCCCNC(=O)[C@H](C)N(Cc1ccc(Br)cc1)C(=O)CN(c1ccc(OCC)cc1)S(=O)(=O)c1ccc(Cl)cc1. The molecule has 0 saturated carbocycles. The van der Waals surface area contributed by atoms with Crippen LogP contribution in [0.5, 0.6) is 5.75 Å². The summed E-state index contributed by atoms with van der Waals surface area (Å²) in [6.07, 6.45) is 1.72. The molecule has 0 fully saturated rings. The molecule has 0 aromatic heterocycles. The molecule has 3 rings (SSSR count). The number of hydrogen-bond donors (Lipinski definition) is 1. The van der Waals surface area contributed by atoms with Gasteiger partial charge in [0.1, 0.15) is 18.3 Å². The van der Waals surface area contributed by atoms with Crippen LogP contribution in [-0.2, 0) is 26.2 Å². The molecule has 0 spiro atoms. The van der Waals surface area contributed by atoms with Crippen molar-refractivity contribution in [2.24, 2.45) is 0 Å². The number of ether oxygens (including phenoxy) is 1. The molecule has 0 aliphatic rings. The van der Waals surface area contributed by atoms with Crippen LogP contribution < -0.4 is 14.4 Å². The number of sulfonamides is 1. The first-order chi connectivity index (χ1) is 19.6. The van der Waals surface area contributed by atoms with Crippen LogP contribution in [0.25, 0.3) is 0 Å². The molecule has 2 amide bonds. The Morgan fingerprint density at radius 1 is 0.976 bits per heavy atom. The van der Waals surface area contributed by atoms with Gasteiger partial charge in [-0.25, -0.2) is 8.42 Å². The van der Waals surface area contributed by atoms with Crippen molar-refractivity contribution in [3.63, 3.8) is 0 Å². The predicted molar refractivity (Wildman–Crippen MR) is 166 cm³/mol. The van der Waals surface area contributed by atoms with E-state index in [1.165, 1.54) is 29.2 Å². The van der Waals surface area contributed by atoms with Crippen molar-refractivity contribution in [3.05, 3.63) is 87.9 Å². The lowest BCUT2D eigenvalue weighted by atomic mass is 10.1. The smallest absolute Gasteiger partial charge is 0.264 e. The summed E-state index contributed by atoms with van der Waals surface area (Å²) in [5.41, 5.74) is 1.07. The van der Waals surface area contributed by atoms with Gasteiger partial charge in [0.25, 0.3) is 10.0 Å². The van der Waals surface area contributed by atoms with Gasteiger partial charge in [-0.1, -0.05) is 53.0 Å². The second-order valence-electron chi connectivity index (χ2n) is 9.36. The van der Waals surface area contributed by atoms with Gasteiger partial charge in [-0.2, -0.15) is 0 Å². The van der Waals surface area contributed by atoms with Gasteiger partial charge >= 0.3 is 0 Å². The summed E-state index contributed by atoms with van der Waals surface area (Å²) in [4.78, 5) is 28.4. The third kappa shape index (κ3) is 8.95. The van der Waals surface area contributed by atoms with Crippen LogP contribution in [0.15, 0.2) is 82.2 Å². The van der Waals surface area contributed by atoms with Gasteiger partial charge < -0.3 is 15.0 Å². The number of rotatable bonds is 14. The van der Waals surface area contributed by atoms with Crippen molar-refractivity contribution in [1.29, 1.82) is 0 Å². The van der Waals surface area contributed by atoms with Crippen molar-refractivity contribution in [1.82, 2.24) is 10.2 Å². The maximum atomic E-state index is 14.0. The van der Waals surface area contributed by atoms with Crippen LogP contribution in [0.3, 0.4) is 0 Å². The molecule has 0 radical (unpaired) electrons. The lowest BCUT2D eigenvalue weighted by Crippen LogP contribution is -2.51. The first kappa shape index (κ1) is 32.4. The van der Waals surface area contributed by atoms with Crippen LogP contribution in [0.4, 0.5) is 5.69 Å². The third-order valence-electron chi connectivity index (χ3n) is 6.38. The maximum absolute atomic E-state index is 14.0. The number of anilines is 1. The topological polar surface area (TPSA) is 96.0 Å². The van der Waals surface area contributed by atoms with E-state index in [2.05, 4.69) is 21.2 Å². The number of unbranched alkanes of at least 4 members (excludes halogenated alkanes) is 1. The average molecular weight is 665 g/mol. The highest BCUT2D eigenvalue weighted by molar-refractivity contribution is 9.10. The van der Waals surface area contributed by atoms with E-state index < -0.39 is 28.5 Å². The third-order valence-corrected chi connectivity index (χ3v) is 8.95. The highest BCUT2D eigenvalue weighted by atomic mass is 79.9. The fourth-order valence-electron chi connectivity index (χ4n) is 4.04. The molecule has 220 valence electrons. The number of carbonyl (C=O) groups is 2. The van der Waals surface area contributed by atoms with E-state index in [0.29, 0.717) is 23.9 Å². The molecule has 1 atom stereocenters. The highest BCUT2D eigenvalue weighted by Gasteiger charge is 2.32. The summed E-state index contributed by atoms with van der Waals surface area (Å²) >= 11 is 9.42. The van der Waals surface area contributed by atoms with Gasteiger partial charge in [-0.05, 0) is 86.5 Å². The fraction of sp³-hybridized carbons (Fsp3) is 0.333. The Morgan fingerprint density at radius 3 is 2.20 bits per heavy atom. The van der Waals surface area contributed by atoms with E-state index >= 15 is 0 Å². The number of benzene rings is 3. The second kappa shape index (κ2) is 15.2. The second-order valence-corrected chi connectivity index (χ2v) is 12.6. The molecule has 11 heteroatoms. The molecule has 0 heterocycles. The Balaban J connectivity index is 2.00. The Hall–Kier alpha value is -3.08. The highest BCUT2D eigenvalue weighted by Crippen LogP contribution is 2.27. The quantitative estimate of drug-likeness (QED) is 0.213. The minimum Gasteiger partial charge on any atom is -0.494 e. The van der Waals surface area contributed by atoms with Gasteiger partial charge in [-0.3, -0.25) is 13.9 Å². The molecule has 3 aromatic rings. The normalized spacial score (nSPS) is 11.9. The largest absolute Gasteiger partial charge is 0.494 e. The number of nitrogens with zero attached hydrogens (tertiary/aromatic N) is 2. The molecular formula is C30H35BrClN3O5S. The van der Waals surface area contributed by atoms with Gasteiger partial charge in [0, 0.05) is 22.6 Å². The minimum absolute atomic E-state index is 0.0200. The van der Waals surface area contributed by atoms with Gasteiger partial charge in [-0.15, -0.1) is 0 Å². The fourth-order valence-corrected chi connectivity index (χ4v) is 5.85. The van der Waals surface area contributed by atoms with E-state index in [1.807, 2.05) is 38.1 Å². The van der Waals surface area contributed by atoms with Crippen LogP contribution in [-0.4, -0.2) is 50.9 Å². The minimum atomic E-state index is -4.19. The molecule has 1 N–H and O–H groups in total. The molecular weight excluding hydrogens is 630 g/mol. The van der Waals surface area contributed by atoms with Gasteiger partial charge in [0.2, 0.25) is 11.8 Å². The van der Waals surface area contributed by atoms with E-state index in [1.54, 1.807) is 31.2 Å². The van der Waals surface area contributed by atoms with Crippen LogP contribution in [0.2, 0.25) is 5.02 Å². The standard InChI is InChI=1S/C30H35BrClN3O5S/c1-4-6-19-33-30(37)22(3)34(20-23-7-9-24(31)10-8-23)29(36)21-35(26-13-15-27(16-14-26)40-5-2)41(38,39)28-17-11-25(32)12-18-28/h7-18,22H,4-6,19-21H2,1-3H3,(H,33,37)/t22-/m0/s1. The molecule has 0 aliphatic carbocycles. The zero-order valence-electron chi connectivity index (χ0n) is 23.3. The summed E-state index contributed by atoms with van der Waals surface area (Å²) in [6.45, 7) is 6.05. The molecule has 3 aromatic carbocycles. The lowest BCUT2D eigenvalue weighted by Gasteiger charge is -2.32. The van der Waals surface area contributed by atoms with Crippen molar-refractivity contribution in [3.8, 4) is 5.75 Å². The zero-order chi connectivity index (χ0) is 30.0. The van der Waals surface area contributed by atoms with Gasteiger partial charge in [0.15, 0.2) is 0 Å². The Bertz CT molecular complexity index is 1400. The summed E-state index contributed by atoms with van der Waals surface area (Å²) < 4.78 is 35.2. The summed E-state index contributed by atoms with van der Waals surface area (Å²) in [5, 5.41) is 3.26. The summed E-state index contributed by atoms with van der Waals surface area (Å²) in [5.74, 6) is -0.268. The zero-order valence-corrected chi connectivity index (χ0v) is 26.5. The molecule has 0 unspecified atom stereocenters. The van der Waals surface area contributed by atoms with Crippen LogP contribution in [0, 0.1) is 0 Å². The number of hydrogen-bond acceptors (Lipinski definition) is 5. The van der Waals surface area contributed by atoms with Crippen molar-refractivity contribution < 1.29 is 22.7 Å². The molecule has 0 saturated heterocycles. The van der Waals surface area contributed by atoms with Crippen molar-refractivity contribution in [2.75, 3.05) is 24.0 Å². The van der Waals surface area contributed by atoms with Crippen LogP contribution in [0.1, 0.15) is 39.2 Å². The molecule has 0 bridgehead atoms. The first-order valence-corrected chi connectivity index (χ1v) is 16.0. The maximum Gasteiger partial charge on any atom is 0.264 e. The summed E-state index contributed by atoms with van der Waals surface area (Å²) in [7, 11) is -4.19. The Kier molecular flexibility index (Phi) is 12.1. The van der Waals surface area contributed by atoms with E-state index in [-0.39, 0.29) is 23.0 Å². The number of halogens is 2.